The molecule has 0 aromatic heterocycles. The van der Waals surface area contributed by atoms with E-state index in [1.165, 1.54) is 6.92 Å². The van der Waals surface area contributed by atoms with Crippen LogP contribution in [0.4, 0.5) is 13.2 Å². The molecule has 0 N–H and O–H groups in total. The van der Waals surface area contributed by atoms with Crippen LogP contribution in [0.25, 0.3) is 0 Å². The van der Waals surface area contributed by atoms with Crippen LogP contribution in [0.2, 0.25) is 0 Å². The highest BCUT2D eigenvalue weighted by atomic mass is 19.4. The molecule has 0 radical (unpaired) electrons. The first-order chi connectivity index (χ1) is 3.98. The summed E-state index contributed by atoms with van der Waals surface area (Å²) in [7, 11) is 0. The number of ether oxygens (including phenoxy) is 1. The summed E-state index contributed by atoms with van der Waals surface area (Å²) in [6.07, 6.45) is -5.85. The molecule has 0 saturated carbocycles. The summed E-state index contributed by atoms with van der Waals surface area (Å²) in [5, 5.41) is 0. The van der Waals surface area contributed by atoms with Crippen LogP contribution in [0, 0.1) is 0 Å². The van der Waals surface area contributed by atoms with Crippen molar-refractivity contribution >= 4 is 0 Å². The summed E-state index contributed by atoms with van der Waals surface area (Å²) >= 11 is 0. The van der Waals surface area contributed by atoms with Gasteiger partial charge in [-0.05, 0) is 13.8 Å². The molecule has 4 heteroatoms. The van der Waals surface area contributed by atoms with Gasteiger partial charge in [0, 0.05) is 6.61 Å². The van der Waals surface area contributed by atoms with Crippen molar-refractivity contribution < 1.29 is 17.9 Å². The van der Waals surface area contributed by atoms with E-state index in [-0.39, 0.29) is 6.61 Å². The Labute approximate surface area is 51.8 Å². The number of hydrogen-bond donors (Lipinski definition) is 0. The lowest BCUT2D eigenvalue weighted by Crippen LogP contribution is -2.28. The first-order valence-electron chi connectivity index (χ1n) is 2.66. The Morgan fingerprint density at radius 1 is 1.44 bits per heavy atom. The van der Waals surface area contributed by atoms with Gasteiger partial charge in [0.15, 0.2) is 6.10 Å². The zero-order chi connectivity index (χ0) is 7.49. The Morgan fingerprint density at radius 2 is 1.89 bits per heavy atom. The zero-order valence-corrected chi connectivity index (χ0v) is 5.33. The van der Waals surface area contributed by atoms with Crippen LogP contribution in [0.15, 0.2) is 0 Å². The fourth-order valence-corrected chi connectivity index (χ4v) is 0.344. The molecule has 0 unspecified atom stereocenters. The molecule has 56 valence electrons. The fraction of sp³-hybridized carbons (Fsp3) is 1.00. The Hall–Kier alpha value is -0.250. The molecule has 1 atom stereocenters. The summed E-state index contributed by atoms with van der Waals surface area (Å²) in [5.74, 6) is 0. The van der Waals surface area contributed by atoms with Crippen LogP contribution in [-0.2, 0) is 4.74 Å². The van der Waals surface area contributed by atoms with Crippen LogP contribution in [0.1, 0.15) is 13.8 Å². The predicted octanol–water partition coefficient (Wildman–Crippen LogP) is 1.97. The van der Waals surface area contributed by atoms with Gasteiger partial charge in [-0.25, -0.2) is 0 Å². The number of halogens is 3. The third kappa shape index (κ3) is 3.35. The number of hydrogen-bond acceptors (Lipinski definition) is 1. The average molecular weight is 142 g/mol. The maximum absolute atomic E-state index is 11.5. The summed E-state index contributed by atoms with van der Waals surface area (Å²) in [6.45, 7) is 2.62. The van der Waals surface area contributed by atoms with Gasteiger partial charge in [-0.1, -0.05) is 0 Å². The smallest absolute Gasteiger partial charge is 0.369 e. The third-order valence-electron chi connectivity index (χ3n) is 0.878. The summed E-state index contributed by atoms with van der Waals surface area (Å²) in [4.78, 5) is 0. The zero-order valence-electron chi connectivity index (χ0n) is 5.33. The summed E-state index contributed by atoms with van der Waals surface area (Å²) < 4.78 is 38.8. The monoisotopic (exact) mass is 142 g/mol. The minimum absolute atomic E-state index is 0.0979. The molecule has 0 aliphatic heterocycles. The number of alkyl halides is 3. The largest absolute Gasteiger partial charge is 0.414 e. The molecular formula is C5H9F3O. The van der Waals surface area contributed by atoms with Gasteiger partial charge in [-0.2, -0.15) is 13.2 Å². The first kappa shape index (κ1) is 8.75. The average Bonchev–Trinajstić information content (AvgIpc) is 1.64. The van der Waals surface area contributed by atoms with Gasteiger partial charge in [0.2, 0.25) is 0 Å². The Morgan fingerprint density at radius 3 is 2.00 bits per heavy atom. The molecule has 0 aliphatic carbocycles. The lowest BCUT2D eigenvalue weighted by Gasteiger charge is -2.14. The molecule has 1 nitrogen and oxygen atoms in total. The molecule has 0 amide bonds. The second-order valence-corrected chi connectivity index (χ2v) is 1.64. The standard InChI is InChI=1S/C5H9F3O/c1-3-9-4(2)5(6,7)8/h4H,3H2,1-2H3/t4-/m0/s1. The van der Waals surface area contributed by atoms with E-state index in [4.69, 9.17) is 0 Å². The van der Waals surface area contributed by atoms with Gasteiger partial charge in [0.25, 0.3) is 0 Å². The first-order valence-corrected chi connectivity index (χ1v) is 2.66. The van der Waals surface area contributed by atoms with E-state index in [1.807, 2.05) is 0 Å². The van der Waals surface area contributed by atoms with Gasteiger partial charge in [-0.15, -0.1) is 0 Å². The molecule has 0 rings (SSSR count). The van der Waals surface area contributed by atoms with Crippen LogP contribution >= 0.6 is 0 Å². The minimum Gasteiger partial charge on any atom is -0.369 e. The van der Waals surface area contributed by atoms with Crippen LogP contribution < -0.4 is 0 Å². The SMILES string of the molecule is CCO[C@@H](C)C(F)(F)F. The van der Waals surface area contributed by atoms with Crippen molar-refractivity contribution in [1.29, 1.82) is 0 Å². The number of rotatable bonds is 2. The molecule has 0 aromatic carbocycles. The molecule has 0 bridgehead atoms. The van der Waals surface area contributed by atoms with Gasteiger partial charge in [-0.3, -0.25) is 0 Å². The molecule has 0 saturated heterocycles. The third-order valence-corrected chi connectivity index (χ3v) is 0.878. The molecule has 9 heavy (non-hydrogen) atoms. The highest BCUT2D eigenvalue weighted by Crippen LogP contribution is 2.21. The topological polar surface area (TPSA) is 9.23 Å². The van der Waals surface area contributed by atoms with Crippen molar-refractivity contribution in [2.75, 3.05) is 6.61 Å². The Balaban J connectivity index is 3.59. The van der Waals surface area contributed by atoms with Crippen molar-refractivity contribution in [3.8, 4) is 0 Å². The maximum Gasteiger partial charge on any atom is 0.414 e. The van der Waals surface area contributed by atoms with Crippen LogP contribution in [-0.4, -0.2) is 18.9 Å². The van der Waals surface area contributed by atoms with Crippen LogP contribution in [0.5, 0.6) is 0 Å². The van der Waals surface area contributed by atoms with E-state index in [1.54, 1.807) is 0 Å². The molecule has 0 fully saturated rings. The van der Waals surface area contributed by atoms with Gasteiger partial charge < -0.3 is 4.74 Å². The summed E-state index contributed by atoms with van der Waals surface area (Å²) in [5.41, 5.74) is 0. The van der Waals surface area contributed by atoms with E-state index in [0.29, 0.717) is 0 Å². The van der Waals surface area contributed by atoms with E-state index < -0.39 is 12.3 Å². The Kier molecular flexibility index (Phi) is 2.97. The highest BCUT2D eigenvalue weighted by Gasteiger charge is 2.36. The summed E-state index contributed by atoms with van der Waals surface area (Å²) in [6, 6.07) is 0. The predicted molar refractivity (Wildman–Crippen MR) is 27.1 cm³/mol. The van der Waals surface area contributed by atoms with Gasteiger partial charge in [0.05, 0.1) is 0 Å². The van der Waals surface area contributed by atoms with Crippen molar-refractivity contribution in [1.82, 2.24) is 0 Å². The molecule has 0 aromatic rings. The van der Waals surface area contributed by atoms with E-state index in [0.717, 1.165) is 6.92 Å². The molecular weight excluding hydrogens is 133 g/mol. The van der Waals surface area contributed by atoms with Gasteiger partial charge >= 0.3 is 6.18 Å². The van der Waals surface area contributed by atoms with E-state index >= 15 is 0 Å². The maximum atomic E-state index is 11.5. The van der Waals surface area contributed by atoms with Crippen molar-refractivity contribution in [3.05, 3.63) is 0 Å². The fourth-order valence-electron chi connectivity index (χ4n) is 0.344. The Bertz CT molecular complexity index is 78.8. The normalized spacial score (nSPS) is 15.7. The second-order valence-electron chi connectivity index (χ2n) is 1.64. The quantitative estimate of drug-likeness (QED) is 0.572. The van der Waals surface area contributed by atoms with Crippen molar-refractivity contribution in [2.24, 2.45) is 0 Å². The van der Waals surface area contributed by atoms with Crippen molar-refractivity contribution in [3.63, 3.8) is 0 Å². The molecule has 0 spiro atoms. The van der Waals surface area contributed by atoms with Gasteiger partial charge in [0.1, 0.15) is 0 Å². The molecule has 0 aliphatic rings. The lowest BCUT2D eigenvalue weighted by molar-refractivity contribution is -0.212. The van der Waals surface area contributed by atoms with Crippen LogP contribution in [0.3, 0.4) is 0 Å². The highest BCUT2D eigenvalue weighted by molar-refractivity contribution is 4.59. The molecule has 0 heterocycles. The second kappa shape index (κ2) is 3.06. The minimum atomic E-state index is -4.21. The van der Waals surface area contributed by atoms with Crippen molar-refractivity contribution in [2.45, 2.75) is 26.1 Å². The van der Waals surface area contributed by atoms with E-state index in [2.05, 4.69) is 4.74 Å². The van der Waals surface area contributed by atoms with E-state index in [9.17, 15) is 13.2 Å². The lowest BCUT2D eigenvalue weighted by atomic mass is 10.4.